The van der Waals surface area contributed by atoms with E-state index in [9.17, 15) is 5.11 Å². The molecule has 0 saturated carbocycles. The molecule has 5 nitrogen and oxygen atoms in total. The van der Waals surface area contributed by atoms with Crippen molar-refractivity contribution in [2.24, 2.45) is 0 Å². The third-order valence-electron chi connectivity index (χ3n) is 13.9. The Hall–Kier alpha value is -7.33. The number of pyridine rings is 1. The molecule has 11 rings (SSSR count). The van der Waals surface area contributed by atoms with Crippen molar-refractivity contribution in [2.45, 2.75) is 78.6 Å². The second kappa shape index (κ2) is 18.4. The number of para-hydroxylation sites is 2. The molecule has 72 heavy (non-hydrogen) atoms. The first-order chi connectivity index (χ1) is 34.0. The molecule has 0 aliphatic rings. The fourth-order valence-electron chi connectivity index (χ4n) is 9.94. The molecule has 1 N–H and O–H groups in total. The SMILES string of the molecule is CC(C)(C)c1cc(-c2ccccn2)[c-]c(-c2cccc3c2nc(-c2cc(C(C)(C)C)cc(C(C)(C)C)c2O)n3-c2ccc(-c3ccc4c(c3)oc3c(-c5ccccc5)cccc34)cc2-c2ccccc2)c1.[Pt]. The van der Waals surface area contributed by atoms with Gasteiger partial charge in [-0.25, -0.2) is 4.98 Å². The van der Waals surface area contributed by atoms with Gasteiger partial charge in [-0.15, -0.1) is 29.3 Å². The first kappa shape index (κ1) is 48.3. The van der Waals surface area contributed by atoms with Crippen LogP contribution < -0.4 is 0 Å². The summed E-state index contributed by atoms with van der Waals surface area (Å²) < 4.78 is 9.02. The quantitative estimate of drug-likeness (QED) is 0.162. The van der Waals surface area contributed by atoms with Crippen molar-refractivity contribution in [3.8, 4) is 78.6 Å². The zero-order chi connectivity index (χ0) is 49.4. The molecule has 0 amide bonds. The van der Waals surface area contributed by atoms with Crippen molar-refractivity contribution in [2.75, 3.05) is 0 Å². The van der Waals surface area contributed by atoms with E-state index >= 15 is 0 Å². The molecule has 8 aromatic carbocycles. The first-order valence-corrected chi connectivity index (χ1v) is 24.6. The van der Waals surface area contributed by atoms with E-state index in [0.29, 0.717) is 11.4 Å². The Labute approximate surface area is 437 Å². The molecule has 11 aromatic rings. The largest absolute Gasteiger partial charge is 0.507 e. The van der Waals surface area contributed by atoms with Crippen LogP contribution in [0.4, 0.5) is 0 Å². The first-order valence-electron chi connectivity index (χ1n) is 24.6. The molecule has 3 aromatic heterocycles. The number of hydrogen-bond acceptors (Lipinski definition) is 4. The minimum Gasteiger partial charge on any atom is -0.507 e. The summed E-state index contributed by atoms with van der Waals surface area (Å²) >= 11 is 0. The number of aromatic nitrogens is 3. The molecule has 0 atom stereocenters. The summed E-state index contributed by atoms with van der Waals surface area (Å²) in [5, 5.41) is 14.8. The summed E-state index contributed by atoms with van der Waals surface area (Å²) in [6, 6.07) is 65.6. The van der Waals surface area contributed by atoms with E-state index in [1.165, 1.54) is 5.56 Å². The minimum absolute atomic E-state index is 0. The van der Waals surface area contributed by atoms with Crippen molar-refractivity contribution >= 4 is 33.0 Å². The normalized spacial score (nSPS) is 12.2. The van der Waals surface area contributed by atoms with E-state index < -0.39 is 0 Å². The third-order valence-corrected chi connectivity index (χ3v) is 13.9. The second-order valence-electron chi connectivity index (χ2n) is 22.0. The van der Waals surface area contributed by atoms with Crippen LogP contribution in [0.2, 0.25) is 0 Å². The van der Waals surface area contributed by atoms with Crippen molar-refractivity contribution in [1.82, 2.24) is 14.5 Å². The fourth-order valence-corrected chi connectivity index (χ4v) is 9.94. The molecule has 0 saturated heterocycles. The number of phenolic OH excluding ortho intramolecular Hbond substituents is 1. The van der Waals surface area contributed by atoms with Crippen LogP contribution in [-0.4, -0.2) is 19.6 Å². The van der Waals surface area contributed by atoms with Crippen LogP contribution in [0.3, 0.4) is 0 Å². The van der Waals surface area contributed by atoms with Crippen LogP contribution in [-0.2, 0) is 37.3 Å². The Balaban J connectivity index is 0.00000596. The Morgan fingerprint density at radius 2 is 1.12 bits per heavy atom. The van der Waals surface area contributed by atoms with E-state index in [-0.39, 0.29) is 43.1 Å². The van der Waals surface area contributed by atoms with Crippen LogP contribution in [0.5, 0.6) is 5.75 Å². The van der Waals surface area contributed by atoms with Crippen molar-refractivity contribution in [3.05, 3.63) is 205 Å². The Kier molecular flexibility index (Phi) is 12.3. The van der Waals surface area contributed by atoms with Gasteiger partial charge in [0.25, 0.3) is 0 Å². The van der Waals surface area contributed by atoms with Gasteiger partial charge in [0.15, 0.2) is 0 Å². The van der Waals surface area contributed by atoms with Crippen LogP contribution in [0.25, 0.3) is 106 Å². The second-order valence-corrected chi connectivity index (χ2v) is 22.0. The number of fused-ring (bicyclic) bond motifs is 4. The summed E-state index contributed by atoms with van der Waals surface area (Å²) in [4.78, 5) is 10.4. The molecule has 0 aliphatic heterocycles. The minimum atomic E-state index is -0.354. The van der Waals surface area contributed by atoms with Gasteiger partial charge < -0.3 is 9.52 Å². The number of benzene rings is 8. The summed E-state index contributed by atoms with van der Waals surface area (Å²) in [6.07, 6.45) is 1.83. The van der Waals surface area contributed by atoms with Crippen molar-refractivity contribution < 1.29 is 30.6 Å². The molecule has 0 radical (unpaired) electrons. The molecular formula is C66H58N3O2Pt-. The van der Waals surface area contributed by atoms with Crippen molar-refractivity contribution in [1.29, 1.82) is 0 Å². The average Bonchev–Trinajstić information content (AvgIpc) is 3.94. The smallest absolute Gasteiger partial charge is 0.148 e. The third kappa shape index (κ3) is 8.79. The Morgan fingerprint density at radius 1 is 0.500 bits per heavy atom. The van der Waals surface area contributed by atoms with Crippen LogP contribution in [0, 0.1) is 6.07 Å². The van der Waals surface area contributed by atoms with Gasteiger partial charge in [-0.2, -0.15) is 0 Å². The molecule has 3 heterocycles. The van der Waals surface area contributed by atoms with Gasteiger partial charge in [0.2, 0.25) is 0 Å². The predicted molar refractivity (Wildman–Crippen MR) is 295 cm³/mol. The number of imidazole rings is 1. The van der Waals surface area contributed by atoms with Gasteiger partial charge in [0.1, 0.15) is 22.7 Å². The summed E-state index contributed by atoms with van der Waals surface area (Å²) in [7, 11) is 0. The molecule has 0 fully saturated rings. The maximum atomic E-state index is 12.7. The molecule has 0 unspecified atom stereocenters. The zero-order valence-corrected chi connectivity index (χ0v) is 44.6. The maximum absolute atomic E-state index is 12.7. The number of nitrogens with zero attached hydrogens (tertiary/aromatic N) is 3. The van der Waals surface area contributed by atoms with Crippen LogP contribution in [0.1, 0.15) is 79.0 Å². The average molecular weight is 1120 g/mol. The predicted octanol–water partition coefficient (Wildman–Crippen LogP) is 17.7. The summed E-state index contributed by atoms with van der Waals surface area (Å²) in [5.74, 6) is 0.885. The van der Waals surface area contributed by atoms with Gasteiger partial charge in [0.05, 0.1) is 22.3 Å². The molecule has 0 spiro atoms. The molecular weight excluding hydrogens is 1060 g/mol. The summed E-state index contributed by atoms with van der Waals surface area (Å²) in [6.45, 7) is 19.9. The van der Waals surface area contributed by atoms with Gasteiger partial charge in [-0.05, 0) is 86.5 Å². The fraction of sp³-hybridized carbons (Fsp3) is 0.182. The van der Waals surface area contributed by atoms with Gasteiger partial charge in [-0.1, -0.05) is 195 Å². The van der Waals surface area contributed by atoms with E-state index in [1.54, 1.807) is 0 Å². The van der Waals surface area contributed by atoms with Gasteiger partial charge >= 0.3 is 0 Å². The zero-order valence-electron chi connectivity index (χ0n) is 42.3. The number of rotatable bonds is 7. The number of hydrogen-bond donors (Lipinski definition) is 1. The molecule has 360 valence electrons. The van der Waals surface area contributed by atoms with Crippen molar-refractivity contribution in [3.63, 3.8) is 0 Å². The topological polar surface area (TPSA) is 64.1 Å². The number of phenols is 1. The van der Waals surface area contributed by atoms with Gasteiger partial charge in [-0.3, -0.25) is 9.55 Å². The number of furan rings is 1. The summed E-state index contributed by atoms with van der Waals surface area (Å²) in [5.41, 5.74) is 17.5. The van der Waals surface area contributed by atoms with E-state index in [2.05, 4.69) is 225 Å². The molecule has 0 bridgehead atoms. The standard InChI is InChI=1S/C66H58N3O2.Pt/c1-64(2,3)47-35-45(34-46(36-47)56-27-16-17-33-67-56)49-24-19-28-58-60(49)68-63(54-39-48(65(4,5)6)40-55(61(54)70)66(7,8)9)69(58)57-32-30-43(37-53(57)42-22-14-11-15-23-42)44-29-31-51-52-26-18-25-50(41-20-12-10-13-21-41)62(52)71-59(51)38-44;/h10-33,35-40,70H,1-9H3;/q-1;. The molecule has 0 aliphatic carbocycles. The monoisotopic (exact) mass is 1120 g/mol. The Bertz CT molecular complexity index is 3810. The molecule has 6 heteroatoms. The van der Waals surface area contributed by atoms with E-state index in [0.717, 1.165) is 106 Å². The van der Waals surface area contributed by atoms with Gasteiger partial charge in [0, 0.05) is 60.4 Å². The van der Waals surface area contributed by atoms with E-state index in [4.69, 9.17) is 14.4 Å². The van der Waals surface area contributed by atoms with Crippen LogP contribution >= 0.6 is 0 Å². The maximum Gasteiger partial charge on any atom is 0.148 e. The van der Waals surface area contributed by atoms with E-state index in [1.807, 2.05) is 30.5 Å². The Morgan fingerprint density at radius 3 is 1.81 bits per heavy atom. The van der Waals surface area contributed by atoms with Crippen LogP contribution in [0.15, 0.2) is 187 Å². The number of aromatic hydroxyl groups is 1.